The van der Waals surface area contributed by atoms with Gasteiger partial charge in [-0.15, -0.1) is 0 Å². The summed E-state index contributed by atoms with van der Waals surface area (Å²) in [6.45, 7) is 6.57. The molecule has 6 nitrogen and oxygen atoms in total. The lowest BCUT2D eigenvalue weighted by Crippen LogP contribution is -2.41. The van der Waals surface area contributed by atoms with Crippen molar-refractivity contribution < 1.29 is 14.3 Å². The van der Waals surface area contributed by atoms with Gasteiger partial charge in [-0.1, -0.05) is 34.1 Å². The first-order chi connectivity index (χ1) is 10.8. The molecule has 0 atom stereocenters. The van der Waals surface area contributed by atoms with E-state index in [9.17, 15) is 9.59 Å². The van der Waals surface area contributed by atoms with Crippen LogP contribution in [-0.2, 0) is 11.2 Å². The van der Waals surface area contributed by atoms with Crippen molar-refractivity contribution in [2.24, 2.45) is 0 Å². The first-order valence-electron chi connectivity index (χ1n) is 7.50. The number of hydrogen-bond acceptors (Lipinski definition) is 3. The van der Waals surface area contributed by atoms with E-state index in [1.54, 1.807) is 20.8 Å². The van der Waals surface area contributed by atoms with Crippen molar-refractivity contribution in [1.82, 2.24) is 16.0 Å². The SMILES string of the molecule is CC(C)(C)OC(=O)NCCNC(=O)NCCc1ccccc1Br. The Morgan fingerprint density at radius 1 is 1.04 bits per heavy atom. The number of carbonyl (C=O) groups excluding carboxylic acids is 2. The quantitative estimate of drug-likeness (QED) is 0.658. The fourth-order valence-electron chi connectivity index (χ4n) is 1.73. The van der Waals surface area contributed by atoms with Gasteiger partial charge in [-0.2, -0.15) is 0 Å². The van der Waals surface area contributed by atoms with Crippen LogP contribution in [0.15, 0.2) is 28.7 Å². The molecule has 3 amide bonds. The summed E-state index contributed by atoms with van der Waals surface area (Å²) in [4.78, 5) is 23.0. The molecule has 0 aliphatic heterocycles. The van der Waals surface area contributed by atoms with E-state index in [4.69, 9.17) is 4.74 Å². The van der Waals surface area contributed by atoms with Crippen LogP contribution in [-0.4, -0.2) is 37.4 Å². The van der Waals surface area contributed by atoms with Gasteiger partial charge in [0, 0.05) is 24.1 Å². The van der Waals surface area contributed by atoms with Crippen LogP contribution in [0.2, 0.25) is 0 Å². The third kappa shape index (κ3) is 9.07. The second-order valence-electron chi connectivity index (χ2n) is 5.95. The van der Waals surface area contributed by atoms with E-state index >= 15 is 0 Å². The number of alkyl carbamates (subject to hydrolysis) is 1. The Hall–Kier alpha value is -1.76. The molecular weight excluding hydrogens is 362 g/mol. The molecule has 0 radical (unpaired) electrons. The lowest BCUT2D eigenvalue weighted by Gasteiger charge is -2.19. The van der Waals surface area contributed by atoms with Gasteiger partial charge in [0.2, 0.25) is 0 Å². The van der Waals surface area contributed by atoms with Crippen LogP contribution in [0.5, 0.6) is 0 Å². The second kappa shape index (κ2) is 9.39. The van der Waals surface area contributed by atoms with Gasteiger partial charge in [0.15, 0.2) is 0 Å². The summed E-state index contributed by atoms with van der Waals surface area (Å²) in [5.41, 5.74) is 0.611. The third-order valence-corrected chi connectivity index (χ3v) is 3.49. The minimum absolute atomic E-state index is 0.261. The predicted molar refractivity (Wildman–Crippen MR) is 93.5 cm³/mol. The highest BCUT2D eigenvalue weighted by Gasteiger charge is 2.15. The summed E-state index contributed by atoms with van der Waals surface area (Å²) in [5, 5.41) is 8.01. The molecule has 23 heavy (non-hydrogen) atoms. The number of rotatable bonds is 6. The minimum Gasteiger partial charge on any atom is -0.444 e. The summed E-state index contributed by atoms with van der Waals surface area (Å²) in [6.07, 6.45) is 0.249. The lowest BCUT2D eigenvalue weighted by atomic mass is 10.1. The molecule has 0 spiro atoms. The molecule has 0 aliphatic rings. The van der Waals surface area contributed by atoms with E-state index in [-0.39, 0.29) is 6.03 Å². The number of urea groups is 1. The number of hydrogen-bond donors (Lipinski definition) is 3. The molecule has 1 rings (SSSR count). The van der Waals surface area contributed by atoms with Gasteiger partial charge >= 0.3 is 12.1 Å². The van der Waals surface area contributed by atoms with Crippen LogP contribution in [0.1, 0.15) is 26.3 Å². The van der Waals surface area contributed by atoms with Crippen molar-refractivity contribution in [3.63, 3.8) is 0 Å². The monoisotopic (exact) mass is 385 g/mol. The number of halogens is 1. The highest BCUT2D eigenvalue weighted by Crippen LogP contribution is 2.15. The first-order valence-corrected chi connectivity index (χ1v) is 8.29. The van der Waals surface area contributed by atoms with Gasteiger partial charge < -0.3 is 20.7 Å². The zero-order valence-electron chi connectivity index (χ0n) is 13.7. The van der Waals surface area contributed by atoms with E-state index in [0.29, 0.717) is 19.6 Å². The first kappa shape index (κ1) is 19.3. The smallest absolute Gasteiger partial charge is 0.407 e. The van der Waals surface area contributed by atoms with Crippen molar-refractivity contribution >= 4 is 28.1 Å². The Balaban J connectivity index is 2.11. The molecule has 3 N–H and O–H groups in total. The van der Waals surface area contributed by atoms with E-state index in [1.165, 1.54) is 0 Å². The molecule has 0 unspecified atom stereocenters. The van der Waals surface area contributed by atoms with Crippen LogP contribution in [0.3, 0.4) is 0 Å². The molecule has 0 aromatic heterocycles. The molecule has 0 saturated heterocycles. The second-order valence-corrected chi connectivity index (χ2v) is 6.81. The maximum atomic E-state index is 11.6. The maximum Gasteiger partial charge on any atom is 0.407 e. The van der Waals surface area contributed by atoms with Crippen LogP contribution in [0, 0.1) is 0 Å². The average Bonchev–Trinajstić information content (AvgIpc) is 2.44. The topological polar surface area (TPSA) is 79.5 Å². The zero-order valence-corrected chi connectivity index (χ0v) is 15.3. The number of amides is 3. The molecule has 0 aliphatic carbocycles. The summed E-state index contributed by atoms with van der Waals surface area (Å²) in [5.74, 6) is 0. The fourth-order valence-corrected chi connectivity index (χ4v) is 2.21. The van der Waals surface area contributed by atoms with E-state index in [1.807, 2.05) is 24.3 Å². The highest BCUT2D eigenvalue weighted by atomic mass is 79.9. The van der Waals surface area contributed by atoms with Crippen LogP contribution >= 0.6 is 15.9 Å². The molecule has 128 valence electrons. The predicted octanol–water partition coefficient (Wildman–Crippen LogP) is 2.82. The molecule has 0 fully saturated rings. The van der Waals surface area contributed by atoms with Crippen molar-refractivity contribution in [3.05, 3.63) is 34.3 Å². The molecule has 0 heterocycles. The lowest BCUT2D eigenvalue weighted by molar-refractivity contribution is 0.0528. The standard InChI is InChI=1S/C16H24BrN3O3/c1-16(2,3)23-15(22)20-11-10-19-14(21)18-9-8-12-6-4-5-7-13(12)17/h4-7H,8-11H2,1-3H3,(H,20,22)(H2,18,19,21). The summed E-state index contributed by atoms with van der Waals surface area (Å²) in [6, 6.07) is 7.63. The van der Waals surface area contributed by atoms with Crippen molar-refractivity contribution in [2.45, 2.75) is 32.8 Å². The van der Waals surface area contributed by atoms with Gasteiger partial charge in [-0.25, -0.2) is 9.59 Å². The fraction of sp³-hybridized carbons (Fsp3) is 0.500. The summed E-state index contributed by atoms with van der Waals surface area (Å²) in [7, 11) is 0. The van der Waals surface area contributed by atoms with Gasteiger partial charge in [0.1, 0.15) is 5.60 Å². The largest absolute Gasteiger partial charge is 0.444 e. The van der Waals surface area contributed by atoms with Crippen molar-refractivity contribution in [2.75, 3.05) is 19.6 Å². The van der Waals surface area contributed by atoms with Crippen LogP contribution in [0.4, 0.5) is 9.59 Å². The van der Waals surface area contributed by atoms with E-state index in [2.05, 4.69) is 31.9 Å². The highest BCUT2D eigenvalue weighted by molar-refractivity contribution is 9.10. The molecule has 0 bridgehead atoms. The Kier molecular flexibility index (Phi) is 7.88. The number of nitrogens with one attached hydrogen (secondary N) is 3. The van der Waals surface area contributed by atoms with E-state index < -0.39 is 11.7 Å². The van der Waals surface area contributed by atoms with Crippen LogP contribution < -0.4 is 16.0 Å². The number of carbonyl (C=O) groups is 2. The summed E-state index contributed by atoms with van der Waals surface area (Å²) >= 11 is 3.47. The molecule has 1 aromatic rings. The zero-order chi connectivity index (χ0) is 17.3. The van der Waals surface area contributed by atoms with Crippen molar-refractivity contribution in [3.8, 4) is 0 Å². The normalized spacial score (nSPS) is 10.8. The van der Waals surface area contributed by atoms with Crippen LogP contribution in [0.25, 0.3) is 0 Å². The Bertz CT molecular complexity index is 530. The molecule has 0 saturated carbocycles. The van der Waals surface area contributed by atoms with Crippen molar-refractivity contribution in [1.29, 1.82) is 0 Å². The Morgan fingerprint density at radius 2 is 1.65 bits per heavy atom. The maximum absolute atomic E-state index is 11.6. The van der Waals surface area contributed by atoms with Gasteiger partial charge in [-0.05, 0) is 38.8 Å². The minimum atomic E-state index is -0.527. The Morgan fingerprint density at radius 3 is 2.30 bits per heavy atom. The average molecular weight is 386 g/mol. The number of benzene rings is 1. The molecule has 7 heteroatoms. The third-order valence-electron chi connectivity index (χ3n) is 2.72. The van der Waals surface area contributed by atoms with Gasteiger partial charge in [0.05, 0.1) is 0 Å². The van der Waals surface area contributed by atoms with Gasteiger partial charge in [0.25, 0.3) is 0 Å². The summed E-state index contributed by atoms with van der Waals surface area (Å²) < 4.78 is 6.12. The van der Waals surface area contributed by atoms with Gasteiger partial charge in [-0.3, -0.25) is 0 Å². The Labute approximate surface area is 145 Å². The molecule has 1 aromatic carbocycles. The number of ether oxygens (including phenoxy) is 1. The van der Waals surface area contributed by atoms with E-state index in [0.717, 1.165) is 16.5 Å². The molecular formula is C16H24BrN3O3.